The Morgan fingerprint density at radius 3 is 2.58 bits per heavy atom. The molecule has 26 heavy (non-hydrogen) atoms. The average Bonchev–Trinajstić information content (AvgIpc) is 2.63. The summed E-state index contributed by atoms with van der Waals surface area (Å²) in [6, 6.07) is 13.6. The van der Waals surface area contributed by atoms with Crippen LogP contribution in [0.25, 0.3) is 0 Å². The van der Waals surface area contributed by atoms with E-state index in [1.807, 2.05) is 56.3 Å². The number of amides is 1. The van der Waals surface area contributed by atoms with Crippen LogP contribution in [0.3, 0.4) is 0 Å². The van der Waals surface area contributed by atoms with E-state index in [1.54, 1.807) is 0 Å². The van der Waals surface area contributed by atoms with E-state index in [0.29, 0.717) is 19.5 Å². The lowest BCUT2D eigenvalue weighted by atomic mass is 10.0. The van der Waals surface area contributed by atoms with Crippen LogP contribution < -0.4 is 5.32 Å². The Kier molecular flexibility index (Phi) is 5.44. The molecular formula is C20H24N2O3S. The zero-order valence-electron chi connectivity index (χ0n) is 15.2. The van der Waals surface area contributed by atoms with E-state index in [2.05, 4.69) is 5.32 Å². The normalized spacial score (nSPS) is 14.7. The molecule has 1 amide bonds. The van der Waals surface area contributed by atoms with Gasteiger partial charge in [-0.05, 0) is 48.6 Å². The van der Waals surface area contributed by atoms with Crippen LogP contribution in [0.4, 0.5) is 5.69 Å². The summed E-state index contributed by atoms with van der Waals surface area (Å²) in [6.07, 6.45) is 0.665. The second-order valence-electron chi connectivity index (χ2n) is 6.71. The van der Waals surface area contributed by atoms with Crippen LogP contribution in [-0.4, -0.2) is 30.9 Å². The summed E-state index contributed by atoms with van der Waals surface area (Å²) in [5.74, 6) is -0.453. The third-order valence-corrected chi connectivity index (χ3v) is 6.77. The predicted molar refractivity (Wildman–Crippen MR) is 104 cm³/mol. The lowest BCUT2D eigenvalue weighted by molar-refractivity contribution is -0.115. The molecule has 138 valence electrons. The number of hydrogen-bond acceptors (Lipinski definition) is 3. The van der Waals surface area contributed by atoms with E-state index in [-0.39, 0.29) is 18.1 Å². The van der Waals surface area contributed by atoms with Gasteiger partial charge in [0.1, 0.15) is 0 Å². The van der Waals surface area contributed by atoms with Gasteiger partial charge < -0.3 is 5.32 Å². The smallest absolute Gasteiger partial charge is 0.225 e. The third kappa shape index (κ3) is 4.14. The first-order valence-electron chi connectivity index (χ1n) is 8.77. The summed E-state index contributed by atoms with van der Waals surface area (Å²) < 4.78 is 26.7. The molecular weight excluding hydrogens is 348 g/mol. The number of nitrogens with zero attached hydrogens (tertiary/aromatic N) is 1. The lowest BCUT2D eigenvalue weighted by Crippen LogP contribution is -2.38. The molecule has 3 rings (SSSR count). The van der Waals surface area contributed by atoms with Crippen LogP contribution in [0.1, 0.15) is 28.7 Å². The van der Waals surface area contributed by atoms with Crippen molar-refractivity contribution < 1.29 is 13.2 Å². The fourth-order valence-electron chi connectivity index (χ4n) is 3.16. The minimum Gasteiger partial charge on any atom is -0.326 e. The van der Waals surface area contributed by atoms with Crippen molar-refractivity contribution in [3.8, 4) is 0 Å². The van der Waals surface area contributed by atoms with E-state index < -0.39 is 10.0 Å². The summed E-state index contributed by atoms with van der Waals surface area (Å²) in [5.41, 5.74) is 5.06. The number of sulfonamides is 1. The van der Waals surface area contributed by atoms with Crippen LogP contribution >= 0.6 is 0 Å². The summed E-state index contributed by atoms with van der Waals surface area (Å²) in [7, 11) is -3.46. The van der Waals surface area contributed by atoms with Crippen LogP contribution in [-0.2, 0) is 27.8 Å². The van der Waals surface area contributed by atoms with E-state index in [4.69, 9.17) is 0 Å². The minimum absolute atomic E-state index is 0.0478. The molecule has 0 unspecified atom stereocenters. The van der Waals surface area contributed by atoms with E-state index in [9.17, 15) is 13.2 Å². The zero-order valence-corrected chi connectivity index (χ0v) is 16.0. The standard InChI is InChI=1S/C20H24N2O3S/c1-15-6-5-9-19(16(15)2)21-20(23)11-13-26(24,25)22-12-10-17-7-3-4-8-18(17)14-22/h3-9H,10-14H2,1-2H3,(H,21,23). The van der Waals surface area contributed by atoms with Crippen LogP contribution in [0.15, 0.2) is 42.5 Å². The Morgan fingerprint density at radius 2 is 1.81 bits per heavy atom. The molecule has 2 aromatic carbocycles. The Bertz CT molecular complexity index is 922. The van der Waals surface area contributed by atoms with Gasteiger partial charge in [0.15, 0.2) is 0 Å². The number of benzene rings is 2. The van der Waals surface area contributed by atoms with Gasteiger partial charge in [-0.1, -0.05) is 36.4 Å². The Balaban J connectivity index is 1.60. The molecule has 2 aromatic rings. The first-order valence-corrected chi connectivity index (χ1v) is 10.4. The molecule has 0 saturated carbocycles. The number of anilines is 1. The minimum atomic E-state index is -3.46. The van der Waals surface area contributed by atoms with Crippen LogP contribution in [0.2, 0.25) is 0 Å². The van der Waals surface area contributed by atoms with Crippen molar-refractivity contribution >= 4 is 21.6 Å². The quantitative estimate of drug-likeness (QED) is 0.877. The molecule has 1 aliphatic heterocycles. The fourth-order valence-corrected chi connectivity index (χ4v) is 4.56. The highest BCUT2D eigenvalue weighted by Gasteiger charge is 2.27. The van der Waals surface area contributed by atoms with Crippen molar-refractivity contribution in [1.29, 1.82) is 0 Å². The van der Waals surface area contributed by atoms with Crippen molar-refractivity contribution in [2.45, 2.75) is 33.2 Å². The van der Waals surface area contributed by atoms with Gasteiger partial charge in [-0.15, -0.1) is 0 Å². The molecule has 6 heteroatoms. The molecule has 0 bridgehead atoms. The number of fused-ring (bicyclic) bond motifs is 1. The van der Waals surface area contributed by atoms with Crippen LogP contribution in [0.5, 0.6) is 0 Å². The summed E-state index contributed by atoms with van der Waals surface area (Å²) >= 11 is 0. The molecule has 0 aromatic heterocycles. The van der Waals surface area contributed by atoms with Gasteiger partial charge in [0, 0.05) is 25.2 Å². The number of carbonyl (C=O) groups is 1. The van der Waals surface area contributed by atoms with Gasteiger partial charge in [0.2, 0.25) is 15.9 Å². The number of nitrogens with one attached hydrogen (secondary N) is 1. The molecule has 0 saturated heterocycles. The van der Waals surface area contributed by atoms with Crippen molar-refractivity contribution in [2.75, 3.05) is 17.6 Å². The predicted octanol–water partition coefficient (Wildman–Crippen LogP) is 3.02. The SMILES string of the molecule is Cc1cccc(NC(=O)CCS(=O)(=O)N2CCc3ccccc3C2)c1C. The Labute approximate surface area is 155 Å². The van der Waals surface area contributed by atoms with Crippen molar-refractivity contribution in [3.05, 3.63) is 64.7 Å². The molecule has 1 heterocycles. The molecule has 5 nitrogen and oxygen atoms in total. The van der Waals surface area contributed by atoms with E-state index >= 15 is 0 Å². The molecule has 1 N–H and O–H groups in total. The van der Waals surface area contributed by atoms with Gasteiger partial charge in [0.25, 0.3) is 0 Å². The third-order valence-electron chi connectivity index (χ3n) is 4.95. The van der Waals surface area contributed by atoms with E-state index in [0.717, 1.165) is 22.4 Å². The first kappa shape index (κ1) is 18.6. The lowest BCUT2D eigenvalue weighted by Gasteiger charge is -2.28. The second kappa shape index (κ2) is 7.60. The molecule has 0 spiro atoms. The maximum atomic E-state index is 12.6. The Morgan fingerprint density at radius 1 is 1.08 bits per heavy atom. The molecule has 0 atom stereocenters. The van der Waals surface area contributed by atoms with E-state index in [1.165, 1.54) is 9.87 Å². The van der Waals surface area contributed by atoms with Crippen molar-refractivity contribution in [3.63, 3.8) is 0 Å². The summed E-state index contributed by atoms with van der Waals surface area (Å²) in [5, 5.41) is 2.82. The monoisotopic (exact) mass is 372 g/mol. The maximum Gasteiger partial charge on any atom is 0.225 e. The average molecular weight is 372 g/mol. The first-order chi connectivity index (χ1) is 12.4. The topological polar surface area (TPSA) is 66.5 Å². The highest BCUT2D eigenvalue weighted by molar-refractivity contribution is 7.89. The Hall–Kier alpha value is -2.18. The number of hydrogen-bond donors (Lipinski definition) is 1. The zero-order chi connectivity index (χ0) is 18.7. The van der Waals surface area contributed by atoms with Gasteiger partial charge in [-0.2, -0.15) is 4.31 Å². The largest absolute Gasteiger partial charge is 0.326 e. The summed E-state index contributed by atoms with van der Waals surface area (Å²) in [4.78, 5) is 12.2. The highest BCUT2D eigenvalue weighted by Crippen LogP contribution is 2.22. The van der Waals surface area contributed by atoms with Gasteiger partial charge in [-0.3, -0.25) is 4.79 Å². The molecule has 0 radical (unpaired) electrons. The molecule has 0 aliphatic carbocycles. The molecule has 0 fully saturated rings. The number of carbonyl (C=O) groups excluding carboxylic acids is 1. The fraction of sp³-hybridized carbons (Fsp3) is 0.350. The van der Waals surface area contributed by atoms with Crippen molar-refractivity contribution in [1.82, 2.24) is 4.31 Å². The number of aryl methyl sites for hydroxylation is 1. The molecule has 1 aliphatic rings. The number of rotatable bonds is 5. The van der Waals surface area contributed by atoms with Crippen molar-refractivity contribution in [2.24, 2.45) is 0 Å². The highest BCUT2D eigenvalue weighted by atomic mass is 32.2. The van der Waals surface area contributed by atoms with Gasteiger partial charge in [0.05, 0.1) is 5.75 Å². The summed E-state index contributed by atoms with van der Waals surface area (Å²) in [6.45, 7) is 4.77. The maximum absolute atomic E-state index is 12.6. The second-order valence-corrected chi connectivity index (χ2v) is 8.80. The van der Waals surface area contributed by atoms with Gasteiger partial charge in [-0.25, -0.2) is 8.42 Å². The van der Waals surface area contributed by atoms with Crippen LogP contribution in [0, 0.1) is 13.8 Å². The van der Waals surface area contributed by atoms with Gasteiger partial charge >= 0.3 is 0 Å².